The summed E-state index contributed by atoms with van der Waals surface area (Å²) in [7, 11) is 0. The summed E-state index contributed by atoms with van der Waals surface area (Å²) in [4.78, 5) is 1.60. The zero-order chi connectivity index (χ0) is 15.0. The van der Waals surface area contributed by atoms with Crippen molar-refractivity contribution < 1.29 is 13.5 Å². The van der Waals surface area contributed by atoms with Gasteiger partial charge in [-0.05, 0) is 47.0 Å². The minimum Gasteiger partial charge on any atom is -0.375 e. The summed E-state index contributed by atoms with van der Waals surface area (Å²) in [6.45, 7) is 2.10. The van der Waals surface area contributed by atoms with Gasteiger partial charge in [0.05, 0.1) is 24.9 Å². The van der Waals surface area contributed by atoms with E-state index in [0.29, 0.717) is 17.6 Å². The molecule has 1 aromatic rings. The van der Waals surface area contributed by atoms with Gasteiger partial charge in [-0.2, -0.15) is 9.90 Å². The lowest BCUT2D eigenvalue weighted by Crippen LogP contribution is -2.45. The Morgan fingerprint density at radius 3 is 2.90 bits per heavy atom. The maximum Gasteiger partial charge on any atom is 0.148 e. The topological polar surface area (TPSA) is 39.9 Å². The monoisotopic (exact) mass is 359 g/mol. The number of allylic oxidation sites excluding steroid dienone is 3. The molecule has 7 heteroatoms. The number of aromatic nitrogens is 3. The zero-order valence-corrected chi connectivity index (χ0v) is 13.1. The van der Waals surface area contributed by atoms with Crippen molar-refractivity contribution in [3.05, 3.63) is 34.9 Å². The quantitative estimate of drug-likeness (QED) is 0.810. The molecule has 1 saturated heterocycles. The highest BCUT2D eigenvalue weighted by Gasteiger charge is 2.44. The normalized spacial score (nSPS) is 36.6. The molecule has 2 unspecified atom stereocenters. The molecule has 1 aliphatic carbocycles. The molecule has 4 atom stereocenters. The van der Waals surface area contributed by atoms with E-state index in [2.05, 4.69) is 26.1 Å². The predicted octanol–water partition coefficient (Wildman–Crippen LogP) is 3.53. The van der Waals surface area contributed by atoms with Crippen molar-refractivity contribution in [3.8, 4) is 0 Å². The SMILES string of the molecule is CC1([C@@H]2CC[C@@H](n3ncc(Br)n3)CO2)C=C(F)C=CC1F. The van der Waals surface area contributed by atoms with Crippen molar-refractivity contribution in [2.45, 2.75) is 38.1 Å². The van der Waals surface area contributed by atoms with Crippen LogP contribution in [0.25, 0.3) is 0 Å². The van der Waals surface area contributed by atoms with E-state index >= 15 is 0 Å². The van der Waals surface area contributed by atoms with Gasteiger partial charge in [0.1, 0.15) is 16.6 Å². The molecule has 4 nitrogen and oxygen atoms in total. The van der Waals surface area contributed by atoms with E-state index < -0.39 is 17.4 Å². The van der Waals surface area contributed by atoms with Gasteiger partial charge < -0.3 is 4.74 Å². The van der Waals surface area contributed by atoms with Crippen LogP contribution in [-0.2, 0) is 4.74 Å². The lowest BCUT2D eigenvalue weighted by atomic mass is 9.74. The Labute approximate surface area is 130 Å². The smallest absolute Gasteiger partial charge is 0.148 e. The Morgan fingerprint density at radius 1 is 1.48 bits per heavy atom. The molecule has 3 rings (SSSR count). The first-order valence-corrected chi connectivity index (χ1v) is 7.68. The summed E-state index contributed by atoms with van der Waals surface area (Å²) >= 11 is 3.25. The maximum atomic E-state index is 14.2. The molecular formula is C14H16BrF2N3O. The third-order valence-electron chi connectivity index (χ3n) is 4.22. The first kappa shape index (κ1) is 14.8. The number of halogens is 3. The molecule has 0 saturated carbocycles. The Kier molecular flexibility index (Phi) is 3.96. The van der Waals surface area contributed by atoms with E-state index in [1.807, 2.05) is 0 Å². The molecule has 2 aliphatic rings. The minimum atomic E-state index is -1.24. The van der Waals surface area contributed by atoms with Crippen LogP contribution < -0.4 is 0 Å². The van der Waals surface area contributed by atoms with Crippen LogP contribution >= 0.6 is 15.9 Å². The Hall–Kier alpha value is -1.08. The molecular weight excluding hydrogens is 344 g/mol. The van der Waals surface area contributed by atoms with Gasteiger partial charge in [0.25, 0.3) is 0 Å². The van der Waals surface area contributed by atoms with Crippen molar-refractivity contribution in [2.75, 3.05) is 6.61 Å². The van der Waals surface area contributed by atoms with Crippen LogP contribution in [0.2, 0.25) is 0 Å². The number of rotatable bonds is 2. The fourth-order valence-corrected chi connectivity index (χ4v) is 3.18. The standard InChI is InChI=1S/C14H16BrF2N3O/c1-14(6-9(16)2-4-11(14)17)12-5-3-10(8-21-12)20-18-7-13(15)19-20/h2,4,6-7,10-12H,3,5,8H2,1H3/t10-,11?,12+,14?/m1/s1. The molecule has 0 aromatic carbocycles. The van der Waals surface area contributed by atoms with Gasteiger partial charge in [-0.3, -0.25) is 0 Å². The Balaban J connectivity index is 1.69. The van der Waals surface area contributed by atoms with E-state index in [0.717, 1.165) is 6.42 Å². The van der Waals surface area contributed by atoms with Gasteiger partial charge in [0.2, 0.25) is 0 Å². The van der Waals surface area contributed by atoms with Crippen LogP contribution in [0.3, 0.4) is 0 Å². The molecule has 21 heavy (non-hydrogen) atoms. The molecule has 114 valence electrons. The molecule has 0 bridgehead atoms. The molecule has 1 aliphatic heterocycles. The Bertz CT molecular complexity index is 581. The summed E-state index contributed by atoms with van der Waals surface area (Å²) in [5, 5.41) is 8.34. The highest BCUT2D eigenvalue weighted by molar-refractivity contribution is 9.10. The third kappa shape index (κ3) is 2.81. The molecule has 1 fully saturated rings. The maximum absolute atomic E-state index is 14.2. The first-order valence-electron chi connectivity index (χ1n) is 6.88. The van der Waals surface area contributed by atoms with Crippen LogP contribution in [0.1, 0.15) is 25.8 Å². The lowest BCUT2D eigenvalue weighted by molar-refractivity contribution is -0.0840. The fourth-order valence-electron chi connectivity index (χ4n) is 2.92. The number of nitrogens with zero attached hydrogens (tertiary/aromatic N) is 3. The Morgan fingerprint density at radius 2 is 2.29 bits per heavy atom. The van der Waals surface area contributed by atoms with E-state index in [1.165, 1.54) is 18.2 Å². The molecule has 1 aromatic heterocycles. The van der Waals surface area contributed by atoms with Gasteiger partial charge in [0, 0.05) is 5.41 Å². The average molecular weight is 360 g/mol. The number of ether oxygens (including phenoxy) is 1. The van der Waals surface area contributed by atoms with E-state index in [4.69, 9.17) is 4.74 Å². The zero-order valence-electron chi connectivity index (χ0n) is 11.5. The van der Waals surface area contributed by atoms with Crippen LogP contribution in [0.15, 0.2) is 34.9 Å². The van der Waals surface area contributed by atoms with Crippen molar-refractivity contribution in [3.63, 3.8) is 0 Å². The molecule has 0 spiro atoms. The van der Waals surface area contributed by atoms with Gasteiger partial charge in [-0.25, -0.2) is 8.78 Å². The van der Waals surface area contributed by atoms with Gasteiger partial charge >= 0.3 is 0 Å². The second kappa shape index (κ2) is 5.61. The fraction of sp³-hybridized carbons (Fsp3) is 0.571. The average Bonchev–Trinajstić information content (AvgIpc) is 2.90. The summed E-state index contributed by atoms with van der Waals surface area (Å²) < 4.78 is 34.2. The first-order chi connectivity index (χ1) is 9.99. The summed E-state index contributed by atoms with van der Waals surface area (Å²) in [5.41, 5.74) is -0.956. The van der Waals surface area contributed by atoms with E-state index in [1.54, 1.807) is 17.9 Å². The lowest BCUT2D eigenvalue weighted by Gasteiger charge is -2.41. The van der Waals surface area contributed by atoms with Gasteiger partial charge in [-0.1, -0.05) is 6.92 Å². The highest BCUT2D eigenvalue weighted by Crippen LogP contribution is 2.42. The molecule has 0 radical (unpaired) electrons. The van der Waals surface area contributed by atoms with Crippen molar-refractivity contribution in [1.82, 2.24) is 15.0 Å². The van der Waals surface area contributed by atoms with Crippen LogP contribution in [0.5, 0.6) is 0 Å². The summed E-state index contributed by atoms with van der Waals surface area (Å²) in [6, 6.07) is 0.0298. The van der Waals surface area contributed by atoms with Crippen molar-refractivity contribution >= 4 is 15.9 Å². The van der Waals surface area contributed by atoms with Gasteiger partial charge in [0.15, 0.2) is 0 Å². The molecule has 0 N–H and O–H groups in total. The number of hydrogen-bond acceptors (Lipinski definition) is 3. The van der Waals surface area contributed by atoms with E-state index in [-0.39, 0.29) is 12.1 Å². The largest absolute Gasteiger partial charge is 0.375 e. The molecule has 0 amide bonds. The summed E-state index contributed by atoms with van der Waals surface area (Å²) in [5.74, 6) is -0.408. The predicted molar refractivity (Wildman–Crippen MR) is 77.1 cm³/mol. The number of alkyl halides is 1. The van der Waals surface area contributed by atoms with Crippen LogP contribution in [0, 0.1) is 5.41 Å². The second-order valence-corrected chi connectivity index (χ2v) is 6.51. The van der Waals surface area contributed by atoms with Crippen molar-refractivity contribution in [1.29, 1.82) is 0 Å². The molecule has 2 heterocycles. The second-order valence-electron chi connectivity index (χ2n) is 5.70. The van der Waals surface area contributed by atoms with Crippen molar-refractivity contribution in [2.24, 2.45) is 5.41 Å². The van der Waals surface area contributed by atoms with Crippen LogP contribution in [-0.4, -0.2) is 33.9 Å². The van der Waals surface area contributed by atoms with Crippen LogP contribution in [0.4, 0.5) is 8.78 Å². The number of hydrogen-bond donors (Lipinski definition) is 0. The minimum absolute atomic E-state index is 0.0298. The van der Waals surface area contributed by atoms with E-state index in [9.17, 15) is 8.78 Å². The summed E-state index contributed by atoms with van der Waals surface area (Å²) in [6.07, 6.45) is 5.21. The third-order valence-corrected chi connectivity index (χ3v) is 4.58. The van der Waals surface area contributed by atoms with Gasteiger partial charge in [-0.15, -0.1) is 5.10 Å². The highest BCUT2D eigenvalue weighted by atomic mass is 79.9.